The molecule has 0 atom stereocenters. The first-order valence-corrected chi connectivity index (χ1v) is 6.61. The summed E-state index contributed by atoms with van der Waals surface area (Å²) in [5, 5.41) is 19.5. The number of hydrogen-bond acceptors (Lipinski definition) is 4. The molecule has 6 heteroatoms. The van der Waals surface area contributed by atoms with Gasteiger partial charge < -0.3 is 10.4 Å². The van der Waals surface area contributed by atoms with E-state index in [2.05, 4.69) is 43.3 Å². The number of carbonyl (C=O) groups is 1. The van der Waals surface area contributed by atoms with Crippen LogP contribution in [0.25, 0.3) is 0 Å². The Morgan fingerprint density at radius 3 is 2.53 bits per heavy atom. The van der Waals surface area contributed by atoms with E-state index in [0.717, 1.165) is 13.1 Å². The molecule has 0 spiro atoms. The number of nitrogens with zero attached hydrogens (tertiary/aromatic N) is 3. The molecular formula is C13H22N4O2. The molecule has 106 valence electrons. The SMILES string of the molecule is CC1(C)C(CNCCn2cc(C(=O)O)nn2)C1(C)C. The van der Waals surface area contributed by atoms with E-state index in [1.54, 1.807) is 4.68 Å². The van der Waals surface area contributed by atoms with Crippen molar-refractivity contribution in [2.75, 3.05) is 13.1 Å². The monoisotopic (exact) mass is 266 g/mol. The van der Waals surface area contributed by atoms with Crippen LogP contribution >= 0.6 is 0 Å². The molecule has 0 aliphatic heterocycles. The summed E-state index contributed by atoms with van der Waals surface area (Å²) >= 11 is 0. The predicted octanol–water partition coefficient (Wildman–Crippen LogP) is 1.25. The van der Waals surface area contributed by atoms with Crippen molar-refractivity contribution in [3.63, 3.8) is 0 Å². The minimum absolute atomic E-state index is 0.00976. The van der Waals surface area contributed by atoms with E-state index in [0.29, 0.717) is 23.3 Å². The summed E-state index contributed by atoms with van der Waals surface area (Å²) in [6.07, 6.45) is 1.45. The van der Waals surface area contributed by atoms with Gasteiger partial charge in [-0.05, 0) is 23.3 Å². The average molecular weight is 266 g/mol. The molecule has 6 nitrogen and oxygen atoms in total. The summed E-state index contributed by atoms with van der Waals surface area (Å²) in [6.45, 7) is 11.6. The lowest BCUT2D eigenvalue weighted by molar-refractivity contribution is 0.0690. The lowest BCUT2D eigenvalue weighted by Crippen LogP contribution is -2.24. The smallest absolute Gasteiger partial charge is 0.358 e. The first kappa shape index (κ1) is 14.0. The fourth-order valence-electron chi connectivity index (χ4n) is 2.79. The molecule has 0 amide bonds. The largest absolute Gasteiger partial charge is 0.476 e. The second kappa shape index (κ2) is 4.59. The summed E-state index contributed by atoms with van der Waals surface area (Å²) in [4.78, 5) is 10.7. The summed E-state index contributed by atoms with van der Waals surface area (Å²) in [6, 6.07) is 0. The molecule has 0 bridgehead atoms. The molecule has 19 heavy (non-hydrogen) atoms. The van der Waals surface area contributed by atoms with Gasteiger partial charge in [0.05, 0.1) is 12.7 Å². The normalized spacial score (nSPS) is 20.4. The molecule has 0 unspecified atom stereocenters. The van der Waals surface area contributed by atoms with E-state index in [9.17, 15) is 4.79 Å². The lowest BCUT2D eigenvalue weighted by Gasteiger charge is -2.05. The Kier molecular flexibility index (Phi) is 3.38. The molecule has 1 aromatic heterocycles. The van der Waals surface area contributed by atoms with Crippen LogP contribution in [0.4, 0.5) is 0 Å². The lowest BCUT2D eigenvalue weighted by atomic mass is 10.0. The van der Waals surface area contributed by atoms with Gasteiger partial charge in [0.2, 0.25) is 0 Å². The van der Waals surface area contributed by atoms with Gasteiger partial charge in [0.25, 0.3) is 0 Å². The Labute approximate surface area is 113 Å². The maximum atomic E-state index is 10.7. The highest BCUT2D eigenvalue weighted by Gasteiger charge is 2.63. The van der Waals surface area contributed by atoms with Gasteiger partial charge in [0, 0.05) is 6.54 Å². The van der Waals surface area contributed by atoms with Crippen molar-refractivity contribution < 1.29 is 9.90 Å². The molecule has 1 aliphatic carbocycles. The van der Waals surface area contributed by atoms with E-state index in [1.807, 2.05) is 0 Å². The van der Waals surface area contributed by atoms with Crippen LogP contribution in [0.2, 0.25) is 0 Å². The van der Waals surface area contributed by atoms with Gasteiger partial charge >= 0.3 is 5.97 Å². The van der Waals surface area contributed by atoms with Crippen molar-refractivity contribution in [1.29, 1.82) is 0 Å². The number of aromatic nitrogens is 3. The van der Waals surface area contributed by atoms with Crippen molar-refractivity contribution in [2.45, 2.75) is 34.2 Å². The van der Waals surface area contributed by atoms with Crippen molar-refractivity contribution in [3.8, 4) is 0 Å². The fraction of sp³-hybridized carbons (Fsp3) is 0.769. The Balaban J connectivity index is 1.72. The van der Waals surface area contributed by atoms with Crippen LogP contribution in [0.3, 0.4) is 0 Å². The Bertz CT molecular complexity index is 465. The number of hydrogen-bond donors (Lipinski definition) is 2. The summed E-state index contributed by atoms with van der Waals surface area (Å²) in [5.74, 6) is -0.356. The first-order chi connectivity index (χ1) is 8.76. The number of aromatic carboxylic acids is 1. The van der Waals surface area contributed by atoms with Gasteiger partial charge in [0.15, 0.2) is 5.69 Å². The van der Waals surface area contributed by atoms with E-state index in [-0.39, 0.29) is 5.69 Å². The van der Waals surface area contributed by atoms with Gasteiger partial charge in [0.1, 0.15) is 0 Å². The molecule has 1 heterocycles. The topological polar surface area (TPSA) is 80.0 Å². The highest BCUT2D eigenvalue weighted by molar-refractivity contribution is 5.84. The van der Waals surface area contributed by atoms with Crippen LogP contribution in [0.1, 0.15) is 38.2 Å². The van der Waals surface area contributed by atoms with Crippen LogP contribution < -0.4 is 5.32 Å². The van der Waals surface area contributed by atoms with Gasteiger partial charge in [-0.15, -0.1) is 5.10 Å². The zero-order valence-electron chi connectivity index (χ0n) is 12.0. The van der Waals surface area contributed by atoms with Crippen molar-refractivity contribution in [3.05, 3.63) is 11.9 Å². The van der Waals surface area contributed by atoms with E-state index in [4.69, 9.17) is 5.11 Å². The molecule has 0 radical (unpaired) electrons. The van der Waals surface area contributed by atoms with Crippen molar-refractivity contribution >= 4 is 5.97 Å². The van der Waals surface area contributed by atoms with Crippen molar-refractivity contribution in [2.24, 2.45) is 16.7 Å². The average Bonchev–Trinajstić information content (AvgIpc) is 2.71. The second-order valence-electron chi connectivity index (χ2n) is 6.37. The fourth-order valence-corrected chi connectivity index (χ4v) is 2.79. The molecular weight excluding hydrogens is 244 g/mol. The van der Waals surface area contributed by atoms with Crippen LogP contribution in [0.5, 0.6) is 0 Å². The maximum absolute atomic E-state index is 10.7. The molecule has 0 aromatic carbocycles. The minimum Gasteiger partial charge on any atom is -0.476 e. The number of carboxylic acid groups (broad SMARTS) is 1. The van der Waals surface area contributed by atoms with Crippen LogP contribution in [-0.2, 0) is 6.54 Å². The number of rotatable bonds is 6. The third kappa shape index (κ3) is 2.49. The Morgan fingerprint density at radius 2 is 2.05 bits per heavy atom. The van der Waals surface area contributed by atoms with Gasteiger partial charge in [-0.2, -0.15) is 0 Å². The summed E-state index contributed by atoms with van der Waals surface area (Å²) in [5.41, 5.74) is 0.775. The van der Waals surface area contributed by atoms with E-state index >= 15 is 0 Å². The van der Waals surface area contributed by atoms with E-state index < -0.39 is 5.97 Å². The Hall–Kier alpha value is -1.43. The highest BCUT2D eigenvalue weighted by atomic mass is 16.4. The second-order valence-corrected chi connectivity index (χ2v) is 6.37. The molecule has 1 aliphatic rings. The van der Waals surface area contributed by atoms with Gasteiger partial charge in [-0.1, -0.05) is 32.9 Å². The van der Waals surface area contributed by atoms with E-state index in [1.165, 1.54) is 6.20 Å². The third-order valence-electron chi connectivity index (χ3n) is 4.94. The van der Waals surface area contributed by atoms with Gasteiger partial charge in [-0.25, -0.2) is 4.79 Å². The molecule has 2 N–H and O–H groups in total. The maximum Gasteiger partial charge on any atom is 0.358 e. The number of carboxylic acids is 1. The zero-order chi connectivity index (χ0) is 14.3. The molecule has 2 rings (SSSR count). The minimum atomic E-state index is -1.04. The standard InChI is InChI=1S/C13H22N4O2/c1-12(2)10(13(12,3)4)7-14-5-6-17-8-9(11(18)19)15-16-17/h8,10,14H,5-7H2,1-4H3,(H,18,19). The third-order valence-corrected chi connectivity index (χ3v) is 4.94. The van der Waals surface area contributed by atoms with Crippen LogP contribution in [0.15, 0.2) is 6.20 Å². The van der Waals surface area contributed by atoms with Crippen LogP contribution in [0, 0.1) is 16.7 Å². The molecule has 1 saturated carbocycles. The number of nitrogens with one attached hydrogen (secondary N) is 1. The molecule has 0 saturated heterocycles. The quantitative estimate of drug-likeness (QED) is 0.757. The predicted molar refractivity (Wildman–Crippen MR) is 70.9 cm³/mol. The van der Waals surface area contributed by atoms with Crippen LogP contribution in [-0.4, -0.2) is 39.2 Å². The summed E-state index contributed by atoms with van der Waals surface area (Å²) < 4.78 is 1.56. The highest BCUT2D eigenvalue weighted by Crippen LogP contribution is 2.67. The molecule has 1 aromatic rings. The van der Waals surface area contributed by atoms with Gasteiger partial charge in [-0.3, -0.25) is 4.68 Å². The first-order valence-electron chi connectivity index (χ1n) is 6.61. The zero-order valence-corrected chi connectivity index (χ0v) is 12.0. The summed E-state index contributed by atoms with van der Waals surface area (Å²) in [7, 11) is 0. The Morgan fingerprint density at radius 1 is 1.42 bits per heavy atom. The van der Waals surface area contributed by atoms with Crippen molar-refractivity contribution in [1.82, 2.24) is 20.3 Å². The molecule has 1 fully saturated rings.